The molecule has 0 aromatic carbocycles. The van der Waals surface area contributed by atoms with Crippen LogP contribution in [0, 0.1) is 0 Å². The van der Waals surface area contributed by atoms with Crippen molar-refractivity contribution >= 4 is 5.97 Å². The molecule has 0 bridgehead atoms. The molecule has 6 heteroatoms. The Morgan fingerprint density at radius 2 is 2.50 bits per heavy atom. The summed E-state index contributed by atoms with van der Waals surface area (Å²) in [5.41, 5.74) is 11.6. The van der Waals surface area contributed by atoms with Gasteiger partial charge < -0.3 is 10.8 Å². The molecule has 0 aliphatic rings. The number of hydrogen-bond donors (Lipinski definition) is 2. The molecule has 10 heavy (non-hydrogen) atoms. The standard InChI is InChI=1S/C4H8N4O2/c1-4(5,3(9)10)2-7-8-6/h2,5H2,1H3,(H,9,10)/t4-/m1/s1. The monoisotopic (exact) mass is 144 g/mol. The zero-order chi connectivity index (χ0) is 8.20. The van der Waals surface area contributed by atoms with Crippen LogP contribution in [-0.2, 0) is 4.79 Å². The fourth-order valence-electron chi connectivity index (χ4n) is 0.246. The van der Waals surface area contributed by atoms with E-state index >= 15 is 0 Å². The Morgan fingerprint density at radius 3 is 2.80 bits per heavy atom. The summed E-state index contributed by atoms with van der Waals surface area (Å²) in [5, 5.41) is 11.4. The summed E-state index contributed by atoms with van der Waals surface area (Å²) < 4.78 is 0. The summed E-state index contributed by atoms with van der Waals surface area (Å²) in [6.07, 6.45) is 0. The minimum absolute atomic E-state index is 0.237. The molecule has 0 aromatic heterocycles. The van der Waals surface area contributed by atoms with Crippen molar-refractivity contribution in [3.63, 3.8) is 0 Å². The lowest BCUT2D eigenvalue weighted by molar-refractivity contribution is -0.142. The maximum absolute atomic E-state index is 10.2. The van der Waals surface area contributed by atoms with Gasteiger partial charge in [-0.3, -0.25) is 4.79 Å². The Labute approximate surface area is 57.3 Å². The summed E-state index contributed by atoms with van der Waals surface area (Å²) in [6, 6.07) is 0. The van der Waals surface area contributed by atoms with Gasteiger partial charge in [0.1, 0.15) is 5.54 Å². The predicted octanol–water partition coefficient (Wildman–Crippen LogP) is 0.0987. The first kappa shape index (κ1) is 8.74. The number of carboxylic acids is 1. The van der Waals surface area contributed by atoms with Crippen LogP contribution in [0.4, 0.5) is 0 Å². The Balaban J connectivity index is 4.12. The predicted molar refractivity (Wildman–Crippen MR) is 34.2 cm³/mol. The molecule has 6 nitrogen and oxygen atoms in total. The number of nitrogens with zero attached hydrogens (tertiary/aromatic N) is 3. The summed E-state index contributed by atoms with van der Waals surface area (Å²) in [7, 11) is 0. The van der Waals surface area contributed by atoms with E-state index in [1.807, 2.05) is 0 Å². The van der Waals surface area contributed by atoms with Crippen LogP contribution in [0.15, 0.2) is 5.11 Å². The molecular formula is C4H8N4O2. The normalized spacial score (nSPS) is 15.0. The highest BCUT2D eigenvalue weighted by Gasteiger charge is 2.26. The molecule has 0 heterocycles. The number of carboxylic acid groups (broad SMARTS) is 1. The molecule has 0 unspecified atom stereocenters. The van der Waals surface area contributed by atoms with E-state index in [0.717, 1.165) is 0 Å². The molecule has 0 spiro atoms. The number of aliphatic carboxylic acids is 1. The van der Waals surface area contributed by atoms with Crippen molar-refractivity contribution in [1.29, 1.82) is 0 Å². The van der Waals surface area contributed by atoms with Crippen LogP contribution in [0.1, 0.15) is 6.92 Å². The van der Waals surface area contributed by atoms with Crippen LogP contribution in [0.2, 0.25) is 0 Å². The van der Waals surface area contributed by atoms with Gasteiger partial charge in [-0.2, -0.15) is 0 Å². The lowest BCUT2D eigenvalue weighted by atomic mass is 10.1. The number of azide groups is 1. The van der Waals surface area contributed by atoms with Crippen LogP contribution >= 0.6 is 0 Å². The molecule has 56 valence electrons. The van der Waals surface area contributed by atoms with E-state index < -0.39 is 11.5 Å². The van der Waals surface area contributed by atoms with E-state index in [4.69, 9.17) is 16.4 Å². The lowest BCUT2D eigenvalue weighted by Gasteiger charge is -2.14. The first-order valence-electron chi connectivity index (χ1n) is 2.54. The molecule has 0 rings (SSSR count). The zero-order valence-electron chi connectivity index (χ0n) is 5.48. The van der Waals surface area contributed by atoms with Crippen LogP contribution in [-0.4, -0.2) is 23.2 Å². The Kier molecular flexibility index (Phi) is 2.66. The van der Waals surface area contributed by atoms with Crippen molar-refractivity contribution in [2.24, 2.45) is 10.8 Å². The Morgan fingerprint density at radius 1 is 2.00 bits per heavy atom. The van der Waals surface area contributed by atoms with Gasteiger partial charge in [0.15, 0.2) is 0 Å². The van der Waals surface area contributed by atoms with Gasteiger partial charge in [-0.25, -0.2) is 0 Å². The van der Waals surface area contributed by atoms with Crippen molar-refractivity contribution in [1.82, 2.24) is 0 Å². The quantitative estimate of drug-likeness (QED) is 0.332. The van der Waals surface area contributed by atoms with Gasteiger partial charge in [-0.1, -0.05) is 5.11 Å². The molecule has 3 N–H and O–H groups in total. The van der Waals surface area contributed by atoms with E-state index in [-0.39, 0.29) is 6.54 Å². The van der Waals surface area contributed by atoms with E-state index in [9.17, 15) is 4.79 Å². The molecule has 0 aliphatic heterocycles. The second-order valence-corrected chi connectivity index (χ2v) is 2.11. The number of nitrogens with two attached hydrogens (primary N) is 1. The van der Waals surface area contributed by atoms with Gasteiger partial charge >= 0.3 is 5.97 Å². The smallest absolute Gasteiger partial charge is 0.323 e. The van der Waals surface area contributed by atoms with Gasteiger partial charge in [0, 0.05) is 4.91 Å². The molecule has 1 atom stereocenters. The average molecular weight is 144 g/mol. The molecule has 0 saturated heterocycles. The van der Waals surface area contributed by atoms with E-state index in [0.29, 0.717) is 0 Å². The first-order chi connectivity index (χ1) is 4.50. The SMILES string of the molecule is C[C@@](N)(CN=[N+]=[N-])C(=O)O. The van der Waals surface area contributed by atoms with Gasteiger partial charge in [-0.15, -0.1) is 0 Å². The first-order valence-corrected chi connectivity index (χ1v) is 2.54. The van der Waals surface area contributed by atoms with Crippen molar-refractivity contribution in [2.75, 3.05) is 6.54 Å². The lowest BCUT2D eigenvalue weighted by Crippen LogP contribution is -2.47. The number of hydrogen-bond acceptors (Lipinski definition) is 3. The second-order valence-electron chi connectivity index (χ2n) is 2.11. The molecular weight excluding hydrogens is 136 g/mol. The van der Waals surface area contributed by atoms with Crippen LogP contribution in [0.25, 0.3) is 10.4 Å². The average Bonchev–Trinajstić information content (AvgIpc) is 1.84. The third-order valence-corrected chi connectivity index (χ3v) is 0.951. The molecule has 0 saturated carbocycles. The summed E-state index contributed by atoms with van der Waals surface area (Å²) >= 11 is 0. The van der Waals surface area contributed by atoms with Gasteiger partial charge in [0.05, 0.1) is 6.54 Å². The van der Waals surface area contributed by atoms with E-state index in [1.165, 1.54) is 6.92 Å². The summed E-state index contributed by atoms with van der Waals surface area (Å²) in [4.78, 5) is 12.6. The van der Waals surface area contributed by atoms with Crippen molar-refractivity contribution in [3.05, 3.63) is 10.4 Å². The van der Waals surface area contributed by atoms with E-state index in [1.54, 1.807) is 0 Å². The third-order valence-electron chi connectivity index (χ3n) is 0.951. The molecule has 0 amide bonds. The fraction of sp³-hybridized carbons (Fsp3) is 0.750. The largest absolute Gasteiger partial charge is 0.480 e. The highest BCUT2D eigenvalue weighted by atomic mass is 16.4. The van der Waals surface area contributed by atoms with Gasteiger partial charge in [0.25, 0.3) is 0 Å². The molecule has 0 aromatic rings. The van der Waals surface area contributed by atoms with Crippen molar-refractivity contribution < 1.29 is 9.90 Å². The highest BCUT2D eigenvalue weighted by molar-refractivity contribution is 5.78. The maximum atomic E-state index is 10.2. The Bertz CT molecular complexity index is 182. The zero-order valence-corrected chi connectivity index (χ0v) is 5.48. The molecule has 0 fully saturated rings. The topological polar surface area (TPSA) is 112 Å². The molecule has 0 aliphatic carbocycles. The second kappa shape index (κ2) is 3.05. The van der Waals surface area contributed by atoms with Crippen molar-refractivity contribution in [2.45, 2.75) is 12.5 Å². The number of carbonyl (C=O) groups is 1. The molecule has 0 radical (unpaired) electrons. The summed E-state index contributed by atoms with van der Waals surface area (Å²) in [5.74, 6) is -1.18. The van der Waals surface area contributed by atoms with Crippen LogP contribution in [0.5, 0.6) is 0 Å². The van der Waals surface area contributed by atoms with Crippen LogP contribution < -0.4 is 5.73 Å². The third kappa shape index (κ3) is 2.34. The Hall–Kier alpha value is -1.26. The summed E-state index contributed by atoms with van der Waals surface area (Å²) in [6.45, 7) is 1.04. The van der Waals surface area contributed by atoms with Gasteiger partial charge in [0.2, 0.25) is 0 Å². The maximum Gasteiger partial charge on any atom is 0.323 e. The van der Waals surface area contributed by atoms with E-state index in [2.05, 4.69) is 10.0 Å². The van der Waals surface area contributed by atoms with Crippen molar-refractivity contribution in [3.8, 4) is 0 Å². The fourth-order valence-corrected chi connectivity index (χ4v) is 0.246. The highest BCUT2D eigenvalue weighted by Crippen LogP contribution is 1.98. The minimum atomic E-state index is -1.45. The minimum Gasteiger partial charge on any atom is -0.480 e. The van der Waals surface area contributed by atoms with Crippen LogP contribution in [0.3, 0.4) is 0 Å². The van der Waals surface area contributed by atoms with Gasteiger partial charge in [-0.05, 0) is 12.5 Å². The number of rotatable bonds is 3.